The van der Waals surface area contributed by atoms with Gasteiger partial charge in [-0.25, -0.2) is 4.79 Å². The van der Waals surface area contributed by atoms with Gasteiger partial charge in [-0.2, -0.15) is 0 Å². The first-order chi connectivity index (χ1) is 16.5. The zero-order valence-electron chi connectivity index (χ0n) is 19.3. The summed E-state index contributed by atoms with van der Waals surface area (Å²) in [6, 6.07) is 5.98. The van der Waals surface area contributed by atoms with Gasteiger partial charge in [-0.15, -0.1) is 0 Å². The molecule has 8 nitrogen and oxygen atoms in total. The molecule has 0 spiro atoms. The first-order valence-corrected chi connectivity index (χ1v) is 12.5. The summed E-state index contributed by atoms with van der Waals surface area (Å²) in [4.78, 5) is 30.8. The van der Waals surface area contributed by atoms with Crippen molar-refractivity contribution in [3.05, 3.63) is 57.7 Å². The lowest BCUT2D eigenvalue weighted by molar-refractivity contribution is -0.117. The summed E-state index contributed by atoms with van der Waals surface area (Å²) >= 11 is 3.57. The van der Waals surface area contributed by atoms with Gasteiger partial charge >= 0.3 is 6.09 Å². The Kier molecular flexibility index (Phi) is 8.07. The Bertz CT molecular complexity index is 1110. The van der Waals surface area contributed by atoms with Crippen molar-refractivity contribution in [2.75, 3.05) is 39.4 Å². The summed E-state index contributed by atoms with van der Waals surface area (Å²) in [5.41, 5.74) is 3.95. The van der Waals surface area contributed by atoms with Gasteiger partial charge in [0, 0.05) is 58.7 Å². The summed E-state index contributed by atoms with van der Waals surface area (Å²) in [6.45, 7) is 4.39. The Hall–Kier alpha value is -2.62. The van der Waals surface area contributed by atoms with Crippen LogP contribution in [0.1, 0.15) is 30.6 Å². The van der Waals surface area contributed by atoms with Gasteiger partial charge < -0.3 is 25.5 Å². The molecule has 1 aliphatic heterocycles. The molecule has 1 aromatic carbocycles. The average Bonchev–Trinajstić information content (AvgIpc) is 3.21. The Labute approximate surface area is 207 Å². The molecule has 0 saturated heterocycles. The van der Waals surface area contributed by atoms with Crippen LogP contribution in [0.2, 0.25) is 0 Å². The number of benzene rings is 1. The standard InChI is InChI=1S/C25H31BrN4O4/c1-2-34-25(33)30-13-9-19-20-15-18(26)7-8-21(20)29-22(19)23(30)16-3-5-17(6-4-16)24(32)28-11-10-27-12-14-31/h3,5-8,15-16,23,27,29,31H,2,4,9-14H2,1H3,(H,28,32). The number of allylic oxidation sites excluding steroid dienone is 1. The summed E-state index contributed by atoms with van der Waals surface area (Å²) in [5.74, 6) is -0.106. The van der Waals surface area contributed by atoms with E-state index in [1.807, 2.05) is 36.1 Å². The van der Waals surface area contributed by atoms with Crippen molar-refractivity contribution in [2.45, 2.75) is 25.8 Å². The van der Waals surface area contributed by atoms with Crippen molar-refractivity contribution in [3.8, 4) is 0 Å². The van der Waals surface area contributed by atoms with E-state index in [9.17, 15) is 9.59 Å². The average molecular weight is 531 g/mol. The van der Waals surface area contributed by atoms with Crippen molar-refractivity contribution in [3.63, 3.8) is 0 Å². The molecule has 4 rings (SSSR count). The summed E-state index contributed by atoms with van der Waals surface area (Å²) in [6.07, 6.45) is 6.91. The third kappa shape index (κ3) is 5.21. The zero-order valence-corrected chi connectivity index (χ0v) is 20.9. The predicted octanol–water partition coefficient (Wildman–Crippen LogP) is 3.19. The molecule has 2 amide bonds. The van der Waals surface area contributed by atoms with Crippen molar-refractivity contribution in [1.29, 1.82) is 0 Å². The Morgan fingerprint density at radius 2 is 2.15 bits per heavy atom. The fourth-order valence-electron chi connectivity index (χ4n) is 4.76. The second-order valence-electron chi connectivity index (χ2n) is 8.44. The second-order valence-corrected chi connectivity index (χ2v) is 9.36. The van der Waals surface area contributed by atoms with E-state index in [1.54, 1.807) is 0 Å². The maximum atomic E-state index is 12.9. The molecule has 0 fully saturated rings. The molecule has 2 aromatic rings. The number of carbonyl (C=O) groups is 2. The normalized spacial score (nSPS) is 19.6. The summed E-state index contributed by atoms with van der Waals surface area (Å²) < 4.78 is 6.40. The number of H-pyrrole nitrogens is 1. The SMILES string of the molecule is CCOC(=O)N1CCc2c([nH]c3ccc(Br)cc23)C1C1C=CC(C(=O)NCCNCCO)=CC1. The maximum Gasteiger partial charge on any atom is 0.410 e. The number of carbonyl (C=O) groups excluding carboxylic acids is 2. The third-order valence-electron chi connectivity index (χ3n) is 6.31. The van der Waals surface area contributed by atoms with Crippen LogP contribution < -0.4 is 10.6 Å². The topological polar surface area (TPSA) is 107 Å². The van der Waals surface area contributed by atoms with Crippen molar-refractivity contribution >= 4 is 38.8 Å². The lowest BCUT2D eigenvalue weighted by atomic mass is 9.83. The van der Waals surface area contributed by atoms with Crippen LogP contribution in [0.25, 0.3) is 10.9 Å². The highest BCUT2D eigenvalue weighted by Gasteiger charge is 2.38. The quantitative estimate of drug-likeness (QED) is 0.392. The smallest absolute Gasteiger partial charge is 0.410 e. The molecule has 182 valence electrons. The Morgan fingerprint density at radius 1 is 1.29 bits per heavy atom. The molecule has 34 heavy (non-hydrogen) atoms. The zero-order chi connectivity index (χ0) is 24.1. The molecular formula is C25H31BrN4O4. The van der Waals surface area contributed by atoms with Crippen LogP contribution in [0.3, 0.4) is 0 Å². The molecule has 2 aliphatic rings. The van der Waals surface area contributed by atoms with Crippen LogP contribution in [0.4, 0.5) is 4.79 Å². The fourth-order valence-corrected chi connectivity index (χ4v) is 5.12. The molecule has 0 bridgehead atoms. The number of nitrogens with zero attached hydrogens (tertiary/aromatic N) is 1. The number of ether oxygens (including phenoxy) is 1. The molecule has 1 aliphatic carbocycles. The third-order valence-corrected chi connectivity index (χ3v) is 6.81. The van der Waals surface area contributed by atoms with Gasteiger partial charge in [-0.1, -0.05) is 34.2 Å². The highest BCUT2D eigenvalue weighted by molar-refractivity contribution is 9.10. The van der Waals surface area contributed by atoms with Gasteiger partial charge in [0.1, 0.15) is 0 Å². The van der Waals surface area contributed by atoms with E-state index < -0.39 is 0 Å². The lowest BCUT2D eigenvalue weighted by Crippen LogP contribution is -2.43. The number of aromatic nitrogens is 1. The minimum Gasteiger partial charge on any atom is -0.450 e. The molecule has 2 unspecified atom stereocenters. The van der Waals surface area contributed by atoms with Gasteiger partial charge in [0.2, 0.25) is 0 Å². The number of hydrogen-bond donors (Lipinski definition) is 4. The summed E-state index contributed by atoms with van der Waals surface area (Å²) in [5, 5.41) is 15.9. The van der Waals surface area contributed by atoms with Gasteiger partial charge in [0.25, 0.3) is 5.91 Å². The van der Waals surface area contributed by atoms with E-state index in [0.29, 0.717) is 44.8 Å². The highest BCUT2D eigenvalue weighted by Crippen LogP contribution is 2.42. The number of halogens is 1. The molecular weight excluding hydrogens is 500 g/mol. The molecule has 2 heterocycles. The first-order valence-electron chi connectivity index (χ1n) is 11.7. The number of aliphatic hydroxyl groups excluding tert-OH is 1. The second kappa shape index (κ2) is 11.2. The molecule has 0 saturated carbocycles. The first kappa shape index (κ1) is 24.5. The van der Waals surface area contributed by atoms with Crippen LogP contribution in [0, 0.1) is 5.92 Å². The number of nitrogens with one attached hydrogen (secondary N) is 3. The lowest BCUT2D eigenvalue weighted by Gasteiger charge is -2.39. The largest absolute Gasteiger partial charge is 0.450 e. The number of aromatic amines is 1. The van der Waals surface area contributed by atoms with Crippen LogP contribution in [0.15, 0.2) is 46.5 Å². The van der Waals surface area contributed by atoms with Gasteiger partial charge in [-0.05, 0) is 43.5 Å². The number of hydrogen-bond acceptors (Lipinski definition) is 5. The molecule has 9 heteroatoms. The monoisotopic (exact) mass is 530 g/mol. The van der Waals surface area contributed by atoms with Crippen LogP contribution in [-0.2, 0) is 16.0 Å². The minimum absolute atomic E-state index is 0.0164. The summed E-state index contributed by atoms with van der Waals surface area (Å²) in [7, 11) is 0. The molecule has 1 aromatic heterocycles. The van der Waals surface area contributed by atoms with Crippen LogP contribution in [-0.4, -0.2) is 66.4 Å². The number of rotatable bonds is 8. The number of fused-ring (bicyclic) bond motifs is 3. The van der Waals surface area contributed by atoms with Crippen LogP contribution >= 0.6 is 15.9 Å². The molecule has 4 N–H and O–H groups in total. The predicted molar refractivity (Wildman–Crippen MR) is 134 cm³/mol. The van der Waals surface area contributed by atoms with E-state index in [-0.39, 0.29) is 30.6 Å². The van der Waals surface area contributed by atoms with E-state index in [4.69, 9.17) is 9.84 Å². The maximum absolute atomic E-state index is 12.9. The minimum atomic E-state index is -0.311. The number of amides is 2. The highest BCUT2D eigenvalue weighted by atomic mass is 79.9. The van der Waals surface area contributed by atoms with E-state index >= 15 is 0 Å². The molecule has 2 atom stereocenters. The van der Waals surface area contributed by atoms with Gasteiger partial charge in [0.05, 0.1) is 19.3 Å². The van der Waals surface area contributed by atoms with Gasteiger partial charge in [0.15, 0.2) is 0 Å². The van der Waals surface area contributed by atoms with Crippen molar-refractivity contribution < 1.29 is 19.4 Å². The van der Waals surface area contributed by atoms with E-state index in [2.05, 4.69) is 43.7 Å². The Balaban J connectivity index is 1.54. The van der Waals surface area contributed by atoms with Crippen LogP contribution in [0.5, 0.6) is 0 Å². The van der Waals surface area contributed by atoms with Crippen molar-refractivity contribution in [1.82, 2.24) is 20.5 Å². The fraction of sp³-hybridized carbons (Fsp3) is 0.440. The molecule has 0 radical (unpaired) electrons. The van der Waals surface area contributed by atoms with Gasteiger partial charge in [-0.3, -0.25) is 9.69 Å². The van der Waals surface area contributed by atoms with Crippen molar-refractivity contribution in [2.24, 2.45) is 5.92 Å². The number of aliphatic hydroxyl groups is 1. The Morgan fingerprint density at radius 3 is 2.88 bits per heavy atom. The van der Waals surface area contributed by atoms with E-state index in [1.165, 1.54) is 10.9 Å². The van der Waals surface area contributed by atoms with E-state index in [0.717, 1.165) is 22.1 Å².